The molecule has 1 aromatic heterocycles. The number of amides is 1. The molecule has 6 heteroatoms. The summed E-state index contributed by atoms with van der Waals surface area (Å²) < 4.78 is 5.31. The second-order valence-corrected chi connectivity index (χ2v) is 4.53. The van der Waals surface area contributed by atoms with Crippen molar-refractivity contribution in [3.05, 3.63) is 18.0 Å². The zero-order chi connectivity index (χ0) is 11.4. The number of nitrogens with one attached hydrogen (secondary N) is 2. The van der Waals surface area contributed by atoms with Gasteiger partial charge in [-0.15, -0.1) is 0 Å². The second-order valence-electron chi connectivity index (χ2n) is 3.97. The summed E-state index contributed by atoms with van der Waals surface area (Å²) in [5.74, 6) is -0.0879. The van der Waals surface area contributed by atoms with Crippen molar-refractivity contribution >= 4 is 21.8 Å². The Morgan fingerprint density at radius 1 is 1.62 bits per heavy atom. The molecule has 2 N–H and O–H groups in total. The highest BCUT2D eigenvalue weighted by atomic mass is 79.9. The lowest BCUT2D eigenvalue weighted by atomic mass is 9.92. The molecule has 0 saturated carbocycles. The van der Waals surface area contributed by atoms with Crippen molar-refractivity contribution in [1.82, 2.24) is 15.5 Å². The predicted octanol–water partition coefficient (Wildman–Crippen LogP) is 1.08. The summed E-state index contributed by atoms with van der Waals surface area (Å²) in [5.41, 5.74) is 0.374. The quantitative estimate of drug-likeness (QED) is 0.818. The molecule has 2 heterocycles. The van der Waals surface area contributed by atoms with E-state index in [-0.39, 0.29) is 11.4 Å². The number of carbonyl (C=O) groups is 1. The fourth-order valence-electron chi connectivity index (χ4n) is 1.74. The Hall–Kier alpha value is -0.880. The third-order valence-electron chi connectivity index (χ3n) is 2.84. The van der Waals surface area contributed by atoms with Crippen molar-refractivity contribution in [2.45, 2.75) is 18.4 Å². The standard InChI is InChI=1S/C10H14BrN3O2/c11-7-10(1-3-16-4-2-10)14-9(15)8-5-12-13-6-8/h5-6H,1-4,7H2,(H,12,13)(H,14,15). The van der Waals surface area contributed by atoms with Gasteiger partial charge in [-0.05, 0) is 12.8 Å². The van der Waals surface area contributed by atoms with E-state index in [1.807, 2.05) is 0 Å². The maximum atomic E-state index is 11.9. The van der Waals surface area contributed by atoms with Gasteiger partial charge in [0.1, 0.15) is 0 Å². The molecule has 0 bridgehead atoms. The highest BCUT2D eigenvalue weighted by Crippen LogP contribution is 2.23. The van der Waals surface area contributed by atoms with E-state index in [2.05, 4.69) is 31.4 Å². The van der Waals surface area contributed by atoms with E-state index in [0.717, 1.165) is 18.2 Å². The Labute approximate surface area is 102 Å². The van der Waals surface area contributed by atoms with Gasteiger partial charge in [0.25, 0.3) is 5.91 Å². The van der Waals surface area contributed by atoms with Crippen molar-refractivity contribution in [2.24, 2.45) is 0 Å². The number of aromatic nitrogens is 2. The highest BCUT2D eigenvalue weighted by Gasteiger charge is 2.33. The van der Waals surface area contributed by atoms with Crippen LogP contribution in [0.25, 0.3) is 0 Å². The highest BCUT2D eigenvalue weighted by molar-refractivity contribution is 9.09. The largest absolute Gasteiger partial charge is 0.381 e. The van der Waals surface area contributed by atoms with Crippen LogP contribution in [0.15, 0.2) is 12.4 Å². The van der Waals surface area contributed by atoms with Crippen LogP contribution in [-0.2, 0) is 4.74 Å². The summed E-state index contributed by atoms with van der Waals surface area (Å²) >= 11 is 3.47. The number of aromatic amines is 1. The number of halogens is 1. The number of nitrogens with zero attached hydrogens (tertiary/aromatic N) is 1. The summed E-state index contributed by atoms with van der Waals surface area (Å²) in [6.07, 6.45) is 4.79. The summed E-state index contributed by atoms with van der Waals surface area (Å²) in [6.45, 7) is 1.38. The number of hydrogen-bond acceptors (Lipinski definition) is 3. The fourth-order valence-corrected chi connectivity index (χ4v) is 2.44. The molecule has 0 aromatic carbocycles. The van der Waals surface area contributed by atoms with Gasteiger partial charge in [0, 0.05) is 24.7 Å². The van der Waals surface area contributed by atoms with Gasteiger partial charge in [-0.25, -0.2) is 0 Å². The van der Waals surface area contributed by atoms with Crippen molar-refractivity contribution < 1.29 is 9.53 Å². The number of H-pyrrole nitrogens is 1. The van der Waals surface area contributed by atoms with Gasteiger partial charge in [-0.3, -0.25) is 9.89 Å². The van der Waals surface area contributed by atoms with Crippen LogP contribution >= 0.6 is 15.9 Å². The molecule has 0 unspecified atom stereocenters. The van der Waals surface area contributed by atoms with Crippen molar-refractivity contribution in [3.8, 4) is 0 Å². The third kappa shape index (κ3) is 2.44. The van der Waals surface area contributed by atoms with Gasteiger partial charge < -0.3 is 10.1 Å². The minimum atomic E-state index is -0.188. The van der Waals surface area contributed by atoms with Crippen molar-refractivity contribution in [3.63, 3.8) is 0 Å². The normalized spacial score (nSPS) is 19.3. The van der Waals surface area contributed by atoms with Crippen molar-refractivity contribution in [1.29, 1.82) is 0 Å². The Morgan fingerprint density at radius 2 is 2.38 bits per heavy atom. The third-order valence-corrected chi connectivity index (χ3v) is 3.92. The Bertz CT molecular complexity index is 347. The molecule has 1 amide bonds. The first-order chi connectivity index (χ1) is 7.76. The molecule has 0 aliphatic carbocycles. The average molecular weight is 288 g/mol. The minimum Gasteiger partial charge on any atom is -0.381 e. The first-order valence-corrected chi connectivity index (χ1v) is 6.33. The van der Waals surface area contributed by atoms with Gasteiger partial charge in [0.2, 0.25) is 0 Å². The van der Waals surface area contributed by atoms with Gasteiger partial charge in [-0.2, -0.15) is 5.10 Å². The smallest absolute Gasteiger partial charge is 0.254 e. The van der Waals surface area contributed by atoms with E-state index in [1.165, 1.54) is 6.20 Å². The second kappa shape index (κ2) is 4.97. The topological polar surface area (TPSA) is 67.0 Å². The van der Waals surface area contributed by atoms with Gasteiger partial charge in [-0.1, -0.05) is 15.9 Å². The number of alkyl halides is 1. The molecule has 0 atom stereocenters. The van der Waals surface area contributed by atoms with Crippen LogP contribution in [0, 0.1) is 0 Å². The molecule has 88 valence electrons. The van der Waals surface area contributed by atoms with E-state index in [0.29, 0.717) is 18.8 Å². The van der Waals surface area contributed by atoms with Gasteiger partial charge >= 0.3 is 0 Å². The lowest BCUT2D eigenvalue weighted by Crippen LogP contribution is -2.53. The van der Waals surface area contributed by atoms with E-state index in [1.54, 1.807) is 6.20 Å². The number of carbonyl (C=O) groups excluding carboxylic acids is 1. The molecule has 5 nitrogen and oxygen atoms in total. The van der Waals surface area contributed by atoms with Crippen LogP contribution in [-0.4, -0.2) is 40.2 Å². The van der Waals surface area contributed by atoms with E-state index >= 15 is 0 Å². The lowest BCUT2D eigenvalue weighted by molar-refractivity contribution is 0.0442. The van der Waals surface area contributed by atoms with E-state index in [9.17, 15) is 4.79 Å². The zero-order valence-corrected chi connectivity index (χ0v) is 10.4. The van der Waals surface area contributed by atoms with E-state index < -0.39 is 0 Å². The summed E-state index contributed by atoms with van der Waals surface area (Å²) in [4.78, 5) is 11.9. The van der Waals surface area contributed by atoms with E-state index in [4.69, 9.17) is 4.74 Å². The molecule has 1 aliphatic heterocycles. The maximum Gasteiger partial charge on any atom is 0.254 e. The molecule has 0 spiro atoms. The molecule has 0 radical (unpaired) electrons. The summed E-state index contributed by atoms with van der Waals surface area (Å²) in [7, 11) is 0. The SMILES string of the molecule is O=C(NC1(CBr)CCOCC1)c1cn[nH]c1. The van der Waals surface area contributed by atoms with Gasteiger partial charge in [0.15, 0.2) is 0 Å². The number of hydrogen-bond donors (Lipinski definition) is 2. The van der Waals surface area contributed by atoms with Crippen molar-refractivity contribution in [2.75, 3.05) is 18.5 Å². The first kappa shape index (κ1) is 11.6. The molecule has 1 saturated heterocycles. The molecule has 1 aromatic rings. The molecule has 1 aliphatic rings. The summed E-state index contributed by atoms with van der Waals surface area (Å²) in [5, 5.41) is 10.2. The Morgan fingerprint density at radius 3 is 2.94 bits per heavy atom. The molecule has 1 fully saturated rings. The zero-order valence-electron chi connectivity index (χ0n) is 8.83. The lowest BCUT2D eigenvalue weighted by Gasteiger charge is -2.36. The minimum absolute atomic E-state index is 0.0879. The Kier molecular flexibility index (Phi) is 3.60. The first-order valence-electron chi connectivity index (χ1n) is 5.21. The fraction of sp³-hybridized carbons (Fsp3) is 0.600. The monoisotopic (exact) mass is 287 g/mol. The molecular formula is C10H14BrN3O2. The Balaban J connectivity index is 2.03. The van der Waals surface area contributed by atoms with Crippen LogP contribution in [0.4, 0.5) is 0 Å². The summed E-state index contributed by atoms with van der Waals surface area (Å²) in [6, 6.07) is 0. The van der Waals surface area contributed by atoms with Gasteiger partial charge in [0.05, 0.1) is 17.3 Å². The van der Waals surface area contributed by atoms with Crippen LogP contribution in [0.1, 0.15) is 23.2 Å². The van der Waals surface area contributed by atoms with Crippen LogP contribution < -0.4 is 5.32 Å². The molecule has 16 heavy (non-hydrogen) atoms. The predicted molar refractivity (Wildman–Crippen MR) is 62.6 cm³/mol. The number of ether oxygens (including phenoxy) is 1. The van der Waals surface area contributed by atoms with Crippen LogP contribution in [0.5, 0.6) is 0 Å². The molecule has 2 rings (SSSR count). The van der Waals surface area contributed by atoms with Crippen LogP contribution in [0.3, 0.4) is 0 Å². The molecular weight excluding hydrogens is 274 g/mol. The van der Waals surface area contributed by atoms with Crippen LogP contribution in [0.2, 0.25) is 0 Å². The average Bonchev–Trinajstić information content (AvgIpc) is 2.84. The number of rotatable bonds is 3. The maximum absolute atomic E-state index is 11.9.